The highest BCUT2D eigenvalue weighted by molar-refractivity contribution is 7.91. The number of pyridine rings is 2. The number of halogens is 3. The van der Waals surface area contributed by atoms with Gasteiger partial charge in [0.25, 0.3) is 5.56 Å². The molecule has 5 aromatic rings. The lowest BCUT2D eigenvalue weighted by Gasteiger charge is -2.23. The predicted molar refractivity (Wildman–Crippen MR) is 174 cm³/mol. The van der Waals surface area contributed by atoms with E-state index in [1.54, 1.807) is 30.3 Å². The molecule has 0 unspecified atom stereocenters. The number of anilines is 2. The van der Waals surface area contributed by atoms with Crippen LogP contribution in [0, 0.1) is 0 Å². The highest BCUT2D eigenvalue weighted by atomic mass is 32.2. The van der Waals surface area contributed by atoms with Crippen molar-refractivity contribution in [2.75, 3.05) is 24.2 Å². The maximum absolute atomic E-state index is 14.1. The van der Waals surface area contributed by atoms with E-state index in [9.17, 15) is 26.4 Å². The zero-order chi connectivity index (χ0) is 33.2. The van der Waals surface area contributed by atoms with E-state index in [1.807, 2.05) is 18.2 Å². The molecule has 13 heteroatoms. The number of piperidine rings is 1. The molecule has 3 aromatic heterocycles. The smallest absolute Gasteiger partial charge is 0.324 e. The van der Waals surface area contributed by atoms with Crippen molar-refractivity contribution >= 4 is 38.1 Å². The van der Waals surface area contributed by atoms with Crippen LogP contribution in [0.1, 0.15) is 41.0 Å². The minimum atomic E-state index is -4.97. The number of nitrogens with zero attached hydrogens (tertiary/aromatic N) is 4. The molecule has 47 heavy (non-hydrogen) atoms. The molecule has 0 bridgehead atoms. The van der Waals surface area contributed by atoms with E-state index < -0.39 is 38.8 Å². The molecule has 0 spiro atoms. The van der Waals surface area contributed by atoms with Gasteiger partial charge in [0, 0.05) is 35.2 Å². The number of hydrogen-bond acceptors (Lipinski definition) is 8. The third-order valence-electron chi connectivity index (χ3n) is 8.14. The summed E-state index contributed by atoms with van der Waals surface area (Å²) in [5.41, 5.74) is 2.80. The molecule has 4 heterocycles. The normalized spacial score (nSPS) is 14.3. The lowest BCUT2D eigenvalue weighted by Crippen LogP contribution is -2.27. The van der Waals surface area contributed by atoms with Crippen LogP contribution in [-0.4, -0.2) is 53.0 Å². The fourth-order valence-electron chi connectivity index (χ4n) is 5.78. The van der Waals surface area contributed by atoms with Crippen LogP contribution in [0.4, 0.5) is 24.8 Å². The Bertz CT molecular complexity index is 2090. The number of aromatic nitrogens is 4. The summed E-state index contributed by atoms with van der Waals surface area (Å²) in [7, 11) is -4.83. The number of sulfone groups is 1. The SMILES string of the molecule is C=C(c1ccccc1)c1cc2cnc(Nc3ccc(C4CCNCC4)cc3)nc2n(Cc2ccncc2S(=O)(=O)CC(F)(F)F)c1=O. The number of benzene rings is 2. The molecular weight excluding hydrogens is 629 g/mol. The van der Waals surface area contributed by atoms with Gasteiger partial charge in [-0.05, 0) is 78.4 Å². The molecular formula is C34H31F3N6O3S. The van der Waals surface area contributed by atoms with Gasteiger partial charge in [0.05, 0.1) is 11.4 Å². The Morgan fingerprint density at radius 3 is 2.45 bits per heavy atom. The average Bonchev–Trinajstić information content (AvgIpc) is 3.06. The molecule has 2 aromatic carbocycles. The first kappa shape index (κ1) is 32.1. The van der Waals surface area contributed by atoms with Crippen LogP contribution < -0.4 is 16.2 Å². The second kappa shape index (κ2) is 13.1. The molecule has 6 rings (SSSR count). The summed E-state index contributed by atoms with van der Waals surface area (Å²) in [6.45, 7) is 5.68. The van der Waals surface area contributed by atoms with Crippen LogP contribution in [0.3, 0.4) is 0 Å². The van der Waals surface area contributed by atoms with Gasteiger partial charge in [0.15, 0.2) is 15.6 Å². The third kappa shape index (κ3) is 7.26. The van der Waals surface area contributed by atoms with E-state index in [4.69, 9.17) is 0 Å². The molecule has 0 amide bonds. The van der Waals surface area contributed by atoms with Gasteiger partial charge in [-0.2, -0.15) is 18.2 Å². The van der Waals surface area contributed by atoms with Crippen LogP contribution in [0.15, 0.2) is 102 Å². The molecule has 1 aliphatic heterocycles. The van der Waals surface area contributed by atoms with E-state index in [1.165, 1.54) is 28.6 Å². The van der Waals surface area contributed by atoms with Crippen LogP contribution in [-0.2, 0) is 16.4 Å². The predicted octanol–water partition coefficient (Wildman–Crippen LogP) is 5.84. The number of alkyl halides is 3. The largest absolute Gasteiger partial charge is 0.403 e. The van der Waals surface area contributed by atoms with Gasteiger partial charge in [-0.1, -0.05) is 49.0 Å². The van der Waals surface area contributed by atoms with E-state index in [0.717, 1.165) is 37.8 Å². The molecule has 1 aliphatic rings. The molecule has 1 fully saturated rings. The van der Waals surface area contributed by atoms with Gasteiger partial charge in [-0.15, -0.1) is 0 Å². The summed E-state index contributed by atoms with van der Waals surface area (Å²) in [4.78, 5) is 26.3. The maximum atomic E-state index is 14.1. The van der Waals surface area contributed by atoms with E-state index in [0.29, 0.717) is 22.4 Å². The average molecular weight is 661 g/mol. The van der Waals surface area contributed by atoms with Crippen molar-refractivity contribution in [1.82, 2.24) is 24.8 Å². The summed E-state index contributed by atoms with van der Waals surface area (Å²) in [5.74, 6) is -1.41. The molecule has 9 nitrogen and oxygen atoms in total. The highest BCUT2D eigenvalue weighted by Gasteiger charge is 2.37. The van der Waals surface area contributed by atoms with Crippen molar-refractivity contribution in [3.63, 3.8) is 0 Å². The molecule has 242 valence electrons. The van der Waals surface area contributed by atoms with Crippen molar-refractivity contribution in [1.29, 1.82) is 0 Å². The van der Waals surface area contributed by atoms with E-state index in [2.05, 4.69) is 44.3 Å². The minimum absolute atomic E-state index is 0.0447. The van der Waals surface area contributed by atoms with Crippen molar-refractivity contribution < 1.29 is 21.6 Å². The summed E-state index contributed by atoms with van der Waals surface area (Å²) in [6.07, 6.45) is 0.812. The van der Waals surface area contributed by atoms with E-state index in [-0.39, 0.29) is 22.7 Å². The first-order chi connectivity index (χ1) is 22.5. The van der Waals surface area contributed by atoms with E-state index >= 15 is 0 Å². The highest BCUT2D eigenvalue weighted by Crippen LogP contribution is 2.29. The lowest BCUT2D eigenvalue weighted by atomic mass is 9.90. The fourth-order valence-corrected chi connectivity index (χ4v) is 7.12. The van der Waals surface area contributed by atoms with Crippen LogP contribution >= 0.6 is 0 Å². The van der Waals surface area contributed by atoms with Crippen LogP contribution in [0.2, 0.25) is 0 Å². The van der Waals surface area contributed by atoms with Gasteiger partial charge in [0.1, 0.15) is 5.65 Å². The van der Waals surface area contributed by atoms with Crippen molar-refractivity contribution in [3.05, 3.63) is 125 Å². The molecule has 0 atom stereocenters. The van der Waals surface area contributed by atoms with Crippen molar-refractivity contribution in [2.24, 2.45) is 0 Å². The number of hydrogen-bond donors (Lipinski definition) is 2. The number of rotatable bonds is 9. The number of fused-ring (bicyclic) bond motifs is 1. The van der Waals surface area contributed by atoms with Crippen molar-refractivity contribution in [2.45, 2.75) is 36.4 Å². The minimum Gasteiger partial charge on any atom is -0.324 e. The summed E-state index contributed by atoms with van der Waals surface area (Å²) < 4.78 is 66.6. The third-order valence-corrected chi connectivity index (χ3v) is 9.88. The topological polar surface area (TPSA) is 119 Å². The first-order valence-corrected chi connectivity index (χ1v) is 16.6. The molecule has 0 saturated carbocycles. The maximum Gasteiger partial charge on any atom is 0.403 e. The fraction of sp³-hybridized carbons (Fsp3) is 0.235. The van der Waals surface area contributed by atoms with Gasteiger partial charge >= 0.3 is 6.18 Å². The summed E-state index contributed by atoms with van der Waals surface area (Å²) >= 11 is 0. The van der Waals surface area contributed by atoms with Crippen LogP contribution in [0.25, 0.3) is 16.6 Å². The Morgan fingerprint density at radius 1 is 1.02 bits per heavy atom. The van der Waals surface area contributed by atoms with Crippen molar-refractivity contribution in [3.8, 4) is 0 Å². The zero-order valence-electron chi connectivity index (χ0n) is 25.2. The van der Waals surface area contributed by atoms with Gasteiger partial charge in [-0.3, -0.25) is 14.3 Å². The lowest BCUT2D eigenvalue weighted by molar-refractivity contribution is -0.106. The molecule has 2 N–H and O–H groups in total. The molecule has 0 radical (unpaired) electrons. The van der Waals surface area contributed by atoms with Gasteiger partial charge in [-0.25, -0.2) is 13.4 Å². The molecule has 1 saturated heterocycles. The van der Waals surface area contributed by atoms with Gasteiger partial charge < -0.3 is 10.6 Å². The second-order valence-electron chi connectivity index (χ2n) is 11.4. The first-order valence-electron chi connectivity index (χ1n) is 14.9. The Labute approximate surface area is 269 Å². The van der Waals surface area contributed by atoms with Crippen LogP contribution in [0.5, 0.6) is 0 Å². The Balaban J connectivity index is 1.42. The summed E-state index contributed by atoms with van der Waals surface area (Å²) in [6, 6.07) is 19.9. The van der Waals surface area contributed by atoms with Gasteiger partial charge in [0.2, 0.25) is 5.95 Å². The quantitative estimate of drug-likeness (QED) is 0.202. The monoisotopic (exact) mass is 660 g/mol. The Kier molecular flexibility index (Phi) is 8.93. The summed E-state index contributed by atoms with van der Waals surface area (Å²) in [5, 5.41) is 6.97. The standard InChI is InChI=1S/C34H31F3N6O3S/c1-22(23-5-3-2-4-6-23)29-17-27-18-40-33(41-28-9-7-24(8-10-28)25-11-14-38-15-12-25)42-31(27)43(32(29)44)20-26-13-16-39-19-30(26)47(45,46)21-34(35,36)37/h2-10,13,16-19,25,38H,1,11-12,14-15,20-21H2,(H,40,41,42). The Morgan fingerprint density at radius 2 is 1.74 bits per heavy atom. The number of nitrogens with one attached hydrogen (secondary N) is 2. The second-order valence-corrected chi connectivity index (χ2v) is 13.4. The molecule has 0 aliphatic carbocycles. The zero-order valence-corrected chi connectivity index (χ0v) is 26.0. The Hall–Kier alpha value is -4.88.